The Hall–Kier alpha value is -1.45. The molecule has 1 saturated carbocycles. The fourth-order valence-electron chi connectivity index (χ4n) is 3.17. The minimum absolute atomic E-state index is 0.336. The number of hydrogen-bond donors (Lipinski definition) is 1. The van der Waals surface area contributed by atoms with E-state index < -0.39 is 0 Å². The predicted molar refractivity (Wildman–Crippen MR) is 88.3 cm³/mol. The Morgan fingerprint density at radius 1 is 1.29 bits per heavy atom. The maximum atomic E-state index is 6.11. The van der Waals surface area contributed by atoms with Crippen molar-refractivity contribution < 1.29 is 0 Å². The SMILES string of the molecule is CCCN(C1CC1)C(CN)c1ccc2nc(C)ccc2c1. The summed E-state index contributed by atoms with van der Waals surface area (Å²) in [7, 11) is 0. The van der Waals surface area contributed by atoms with Gasteiger partial charge in [-0.05, 0) is 56.5 Å². The van der Waals surface area contributed by atoms with Crippen LogP contribution < -0.4 is 5.73 Å². The van der Waals surface area contributed by atoms with Crippen molar-refractivity contribution in [1.29, 1.82) is 0 Å². The van der Waals surface area contributed by atoms with Crippen molar-refractivity contribution in [1.82, 2.24) is 9.88 Å². The smallest absolute Gasteiger partial charge is 0.0705 e. The van der Waals surface area contributed by atoms with Crippen LogP contribution in [0.1, 0.15) is 43.5 Å². The summed E-state index contributed by atoms with van der Waals surface area (Å²) in [5.41, 5.74) is 9.58. The van der Waals surface area contributed by atoms with Crippen LogP contribution in [0.25, 0.3) is 10.9 Å². The van der Waals surface area contributed by atoms with Gasteiger partial charge in [-0.3, -0.25) is 9.88 Å². The number of nitrogens with two attached hydrogens (primary N) is 1. The highest BCUT2D eigenvalue weighted by Crippen LogP contribution is 2.34. The fraction of sp³-hybridized carbons (Fsp3) is 0.500. The minimum Gasteiger partial charge on any atom is -0.329 e. The lowest BCUT2D eigenvalue weighted by molar-refractivity contribution is 0.191. The molecule has 0 spiro atoms. The van der Waals surface area contributed by atoms with Crippen molar-refractivity contribution in [2.24, 2.45) is 5.73 Å². The third kappa shape index (κ3) is 3.09. The van der Waals surface area contributed by atoms with Gasteiger partial charge in [-0.1, -0.05) is 19.1 Å². The Morgan fingerprint density at radius 3 is 2.76 bits per heavy atom. The highest BCUT2D eigenvalue weighted by Gasteiger charge is 2.33. The van der Waals surface area contributed by atoms with E-state index >= 15 is 0 Å². The molecule has 1 aliphatic carbocycles. The highest BCUT2D eigenvalue weighted by atomic mass is 15.2. The molecule has 1 aromatic carbocycles. The normalized spacial score (nSPS) is 16.6. The molecule has 2 aromatic rings. The van der Waals surface area contributed by atoms with Gasteiger partial charge in [0.2, 0.25) is 0 Å². The van der Waals surface area contributed by atoms with Gasteiger partial charge >= 0.3 is 0 Å². The molecule has 3 rings (SSSR count). The van der Waals surface area contributed by atoms with Crippen LogP contribution in [0.15, 0.2) is 30.3 Å². The molecule has 1 fully saturated rings. The number of aryl methyl sites for hydroxylation is 1. The molecule has 1 atom stereocenters. The van der Waals surface area contributed by atoms with Crippen molar-refractivity contribution >= 4 is 10.9 Å². The molecular formula is C18H25N3. The van der Waals surface area contributed by atoms with Gasteiger partial charge in [-0.2, -0.15) is 0 Å². The Kier molecular flexibility index (Phi) is 4.22. The Balaban J connectivity index is 1.94. The molecule has 2 N–H and O–H groups in total. The van der Waals surface area contributed by atoms with Gasteiger partial charge in [0.15, 0.2) is 0 Å². The summed E-state index contributed by atoms with van der Waals surface area (Å²) in [5, 5.41) is 1.21. The summed E-state index contributed by atoms with van der Waals surface area (Å²) in [4.78, 5) is 7.19. The van der Waals surface area contributed by atoms with Gasteiger partial charge in [0.05, 0.1) is 5.52 Å². The molecule has 1 aliphatic rings. The van der Waals surface area contributed by atoms with Crippen LogP contribution in [0.4, 0.5) is 0 Å². The summed E-state index contributed by atoms with van der Waals surface area (Å²) in [6, 6.07) is 11.9. The summed E-state index contributed by atoms with van der Waals surface area (Å²) < 4.78 is 0. The number of benzene rings is 1. The van der Waals surface area contributed by atoms with Crippen LogP contribution >= 0.6 is 0 Å². The van der Waals surface area contributed by atoms with Gasteiger partial charge in [0, 0.05) is 29.7 Å². The standard InChI is InChI=1S/C18H25N3/c1-3-10-21(16-7-8-16)18(12-19)15-6-9-17-14(11-15)5-4-13(2)20-17/h4-6,9,11,16,18H,3,7-8,10,12,19H2,1-2H3. The van der Waals surface area contributed by atoms with Crippen LogP contribution in [-0.4, -0.2) is 29.0 Å². The number of fused-ring (bicyclic) bond motifs is 1. The zero-order valence-corrected chi connectivity index (χ0v) is 13.0. The fourth-order valence-corrected chi connectivity index (χ4v) is 3.17. The zero-order chi connectivity index (χ0) is 14.8. The summed E-state index contributed by atoms with van der Waals surface area (Å²) in [6.45, 7) is 6.10. The molecule has 0 bridgehead atoms. The molecule has 3 heteroatoms. The van der Waals surface area contributed by atoms with E-state index in [-0.39, 0.29) is 0 Å². The molecule has 21 heavy (non-hydrogen) atoms. The molecule has 1 unspecified atom stereocenters. The van der Waals surface area contributed by atoms with Crippen LogP contribution in [0.3, 0.4) is 0 Å². The maximum Gasteiger partial charge on any atom is 0.0705 e. The third-order valence-corrected chi connectivity index (χ3v) is 4.36. The van der Waals surface area contributed by atoms with Gasteiger partial charge in [0.25, 0.3) is 0 Å². The van der Waals surface area contributed by atoms with E-state index in [1.807, 2.05) is 6.92 Å². The first-order chi connectivity index (χ1) is 10.2. The number of rotatable bonds is 6. The van der Waals surface area contributed by atoms with Gasteiger partial charge in [0.1, 0.15) is 0 Å². The predicted octanol–water partition coefficient (Wildman–Crippen LogP) is 3.42. The molecule has 1 heterocycles. The van der Waals surface area contributed by atoms with E-state index in [1.165, 1.54) is 30.2 Å². The van der Waals surface area contributed by atoms with Gasteiger partial charge in [-0.15, -0.1) is 0 Å². The summed E-state index contributed by atoms with van der Waals surface area (Å²) in [6.07, 6.45) is 3.83. The first-order valence-corrected chi connectivity index (χ1v) is 8.06. The summed E-state index contributed by atoms with van der Waals surface area (Å²) >= 11 is 0. The van der Waals surface area contributed by atoms with E-state index in [0.717, 1.165) is 23.8 Å². The topological polar surface area (TPSA) is 42.1 Å². The first kappa shape index (κ1) is 14.5. The van der Waals surface area contributed by atoms with Crippen molar-refractivity contribution in [3.8, 4) is 0 Å². The molecule has 0 amide bonds. The van der Waals surface area contributed by atoms with E-state index in [4.69, 9.17) is 5.73 Å². The average Bonchev–Trinajstić information content (AvgIpc) is 3.31. The Morgan fingerprint density at radius 2 is 2.10 bits per heavy atom. The van der Waals surface area contributed by atoms with Crippen LogP contribution in [-0.2, 0) is 0 Å². The van der Waals surface area contributed by atoms with Crippen molar-refractivity contribution in [3.63, 3.8) is 0 Å². The molecule has 0 saturated heterocycles. The third-order valence-electron chi connectivity index (χ3n) is 4.36. The first-order valence-electron chi connectivity index (χ1n) is 8.06. The molecule has 3 nitrogen and oxygen atoms in total. The second-order valence-corrected chi connectivity index (χ2v) is 6.13. The van der Waals surface area contributed by atoms with Gasteiger partial charge < -0.3 is 5.73 Å². The van der Waals surface area contributed by atoms with E-state index in [2.05, 4.69) is 47.1 Å². The van der Waals surface area contributed by atoms with Crippen LogP contribution in [0, 0.1) is 6.92 Å². The number of pyridine rings is 1. The largest absolute Gasteiger partial charge is 0.329 e. The lowest BCUT2D eigenvalue weighted by Gasteiger charge is -2.31. The van der Waals surface area contributed by atoms with Crippen molar-refractivity contribution in [2.75, 3.05) is 13.1 Å². The molecular weight excluding hydrogens is 258 g/mol. The molecule has 0 radical (unpaired) electrons. The monoisotopic (exact) mass is 283 g/mol. The number of nitrogens with zero attached hydrogens (tertiary/aromatic N) is 2. The van der Waals surface area contributed by atoms with Crippen LogP contribution in [0.2, 0.25) is 0 Å². The number of aromatic nitrogens is 1. The minimum atomic E-state index is 0.336. The van der Waals surface area contributed by atoms with Crippen molar-refractivity contribution in [2.45, 2.75) is 45.2 Å². The Bertz CT molecular complexity index is 619. The second kappa shape index (κ2) is 6.12. The molecule has 112 valence electrons. The lowest BCUT2D eigenvalue weighted by atomic mass is 10.0. The maximum absolute atomic E-state index is 6.11. The second-order valence-electron chi connectivity index (χ2n) is 6.13. The Labute approximate surface area is 127 Å². The highest BCUT2D eigenvalue weighted by molar-refractivity contribution is 5.79. The average molecular weight is 283 g/mol. The summed E-state index contributed by atoms with van der Waals surface area (Å²) in [5.74, 6) is 0. The molecule has 1 aromatic heterocycles. The van der Waals surface area contributed by atoms with E-state index in [1.54, 1.807) is 0 Å². The van der Waals surface area contributed by atoms with Gasteiger partial charge in [-0.25, -0.2) is 0 Å². The van der Waals surface area contributed by atoms with E-state index in [9.17, 15) is 0 Å². The van der Waals surface area contributed by atoms with Crippen LogP contribution in [0.5, 0.6) is 0 Å². The van der Waals surface area contributed by atoms with Crippen molar-refractivity contribution in [3.05, 3.63) is 41.6 Å². The number of hydrogen-bond acceptors (Lipinski definition) is 3. The zero-order valence-electron chi connectivity index (χ0n) is 13.0. The lowest BCUT2D eigenvalue weighted by Crippen LogP contribution is -2.36. The quantitative estimate of drug-likeness (QED) is 0.883. The van der Waals surface area contributed by atoms with E-state index in [0.29, 0.717) is 12.6 Å². The molecule has 0 aliphatic heterocycles.